The second-order valence-corrected chi connectivity index (χ2v) is 5.57. The molecule has 0 saturated heterocycles. The number of nitrogens with one attached hydrogen (secondary N) is 2. The van der Waals surface area contributed by atoms with E-state index < -0.39 is 11.7 Å². The largest absolute Gasteiger partial charge is 0.352 e. The lowest BCUT2D eigenvalue weighted by molar-refractivity contribution is -0.121. The Labute approximate surface area is 129 Å². The molecule has 0 radical (unpaired) electrons. The maximum absolute atomic E-state index is 13.1. The van der Waals surface area contributed by atoms with Crippen LogP contribution in [-0.2, 0) is 4.79 Å². The van der Waals surface area contributed by atoms with E-state index in [-0.39, 0.29) is 18.1 Å². The van der Waals surface area contributed by atoms with E-state index >= 15 is 0 Å². The van der Waals surface area contributed by atoms with Crippen molar-refractivity contribution < 1.29 is 14.0 Å². The molecule has 2 N–H and O–H groups in total. The lowest BCUT2D eigenvalue weighted by Crippen LogP contribution is -2.31. The van der Waals surface area contributed by atoms with Crippen LogP contribution in [0, 0.1) is 11.7 Å². The predicted octanol–water partition coefficient (Wildman–Crippen LogP) is 2.07. The molecule has 0 aliphatic carbocycles. The zero-order chi connectivity index (χ0) is 15.9. The average molecular weight is 304 g/mol. The summed E-state index contributed by atoms with van der Waals surface area (Å²) in [5.74, 6) is -1.28. The number of carbonyl (C=O) groups is 2. The molecule has 1 aliphatic rings. The summed E-state index contributed by atoms with van der Waals surface area (Å²) < 4.78 is 13.1. The summed E-state index contributed by atoms with van der Waals surface area (Å²) in [5, 5.41) is 6.05. The van der Waals surface area contributed by atoms with Crippen LogP contribution < -0.4 is 10.6 Å². The van der Waals surface area contributed by atoms with Gasteiger partial charge >= 0.3 is 0 Å². The fourth-order valence-electron chi connectivity index (χ4n) is 2.41. The minimum absolute atomic E-state index is 0.112. The molecule has 0 saturated carbocycles. The van der Waals surface area contributed by atoms with E-state index in [0.717, 1.165) is 19.5 Å². The Balaban J connectivity index is 1.82. The highest BCUT2D eigenvalue weighted by atomic mass is 19.1. The number of carbonyl (C=O) groups excluding carboxylic acids is 2. The number of halogens is 1. The summed E-state index contributed by atoms with van der Waals surface area (Å²) in [5.41, 5.74) is 1.51. The van der Waals surface area contributed by atoms with Crippen LogP contribution in [0.25, 0.3) is 0 Å². The van der Waals surface area contributed by atoms with Gasteiger partial charge in [-0.05, 0) is 25.1 Å². The van der Waals surface area contributed by atoms with Crippen molar-refractivity contribution in [3.63, 3.8) is 0 Å². The Morgan fingerprint density at radius 1 is 1.41 bits per heavy atom. The zero-order valence-corrected chi connectivity index (χ0v) is 12.7. The van der Waals surface area contributed by atoms with E-state index in [4.69, 9.17) is 0 Å². The van der Waals surface area contributed by atoms with Crippen molar-refractivity contribution in [3.05, 3.63) is 47.3 Å². The Bertz CT molecular complexity index is 584. The molecule has 1 unspecified atom stereocenters. The van der Waals surface area contributed by atoms with E-state index in [1.165, 1.54) is 23.8 Å². The number of Topliss-reactive ketones (excluding diaryl/α,β-unsaturated/α-hetero) is 1. The molecule has 1 aromatic rings. The summed E-state index contributed by atoms with van der Waals surface area (Å²) >= 11 is 0. The topological polar surface area (TPSA) is 58.2 Å². The summed E-state index contributed by atoms with van der Waals surface area (Å²) in [6.45, 7) is 3.98. The normalized spacial score (nSPS) is 15.8. The van der Waals surface area contributed by atoms with E-state index in [0.29, 0.717) is 12.1 Å². The molecule has 4 nitrogen and oxygen atoms in total. The highest BCUT2D eigenvalue weighted by molar-refractivity contribution is 5.99. The zero-order valence-electron chi connectivity index (χ0n) is 12.7. The Morgan fingerprint density at radius 2 is 2.23 bits per heavy atom. The second-order valence-electron chi connectivity index (χ2n) is 5.57. The van der Waals surface area contributed by atoms with Crippen LogP contribution in [0.4, 0.5) is 4.39 Å². The molecule has 1 aromatic carbocycles. The molecule has 1 aliphatic heterocycles. The van der Waals surface area contributed by atoms with Gasteiger partial charge in [0.05, 0.1) is 0 Å². The second kappa shape index (κ2) is 7.84. The molecule has 22 heavy (non-hydrogen) atoms. The first-order chi connectivity index (χ1) is 10.6. The lowest BCUT2D eigenvalue weighted by Gasteiger charge is -2.15. The lowest BCUT2D eigenvalue weighted by atomic mass is 9.96. The van der Waals surface area contributed by atoms with Crippen LogP contribution in [-0.4, -0.2) is 31.3 Å². The van der Waals surface area contributed by atoms with Crippen LogP contribution in [0.15, 0.2) is 35.9 Å². The summed E-state index contributed by atoms with van der Waals surface area (Å²) in [4.78, 5) is 24.1. The molecule has 1 amide bonds. The third kappa shape index (κ3) is 4.77. The molecule has 0 spiro atoms. The van der Waals surface area contributed by atoms with Gasteiger partial charge in [-0.15, -0.1) is 0 Å². The van der Waals surface area contributed by atoms with E-state index in [2.05, 4.69) is 16.7 Å². The van der Waals surface area contributed by atoms with Crippen LogP contribution in [0.5, 0.6) is 0 Å². The van der Waals surface area contributed by atoms with E-state index in [1.807, 2.05) is 0 Å². The van der Waals surface area contributed by atoms with Crippen LogP contribution in [0.3, 0.4) is 0 Å². The molecular formula is C17H21FN2O2. The molecule has 0 aromatic heterocycles. The first kappa shape index (κ1) is 16.4. The van der Waals surface area contributed by atoms with Crippen molar-refractivity contribution >= 4 is 11.7 Å². The van der Waals surface area contributed by atoms with Gasteiger partial charge in [-0.2, -0.15) is 0 Å². The number of ketones is 1. The van der Waals surface area contributed by atoms with Crippen molar-refractivity contribution in [1.82, 2.24) is 10.6 Å². The SMILES string of the molecule is CC(CC(=O)NCC1=CCNCC1)C(=O)c1cccc(F)c1. The minimum Gasteiger partial charge on any atom is -0.352 e. The van der Waals surface area contributed by atoms with Crippen molar-refractivity contribution in [2.24, 2.45) is 5.92 Å². The average Bonchev–Trinajstić information content (AvgIpc) is 2.53. The minimum atomic E-state index is -0.469. The van der Waals surface area contributed by atoms with E-state index in [9.17, 15) is 14.0 Å². The third-order valence-electron chi connectivity index (χ3n) is 3.72. The van der Waals surface area contributed by atoms with Gasteiger partial charge in [0, 0.05) is 31.0 Å². The molecule has 2 rings (SSSR count). The Morgan fingerprint density at radius 3 is 2.91 bits per heavy atom. The fraction of sp³-hybridized carbons (Fsp3) is 0.412. The van der Waals surface area contributed by atoms with Gasteiger partial charge in [-0.1, -0.05) is 30.7 Å². The van der Waals surface area contributed by atoms with Gasteiger partial charge in [0.2, 0.25) is 5.91 Å². The van der Waals surface area contributed by atoms with Gasteiger partial charge in [0.25, 0.3) is 0 Å². The summed E-state index contributed by atoms with van der Waals surface area (Å²) in [6.07, 6.45) is 3.12. The summed E-state index contributed by atoms with van der Waals surface area (Å²) in [6, 6.07) is 5.57. The van der Waals surface area contributed by atoms with Crippen molar-refractivity contribution in [1.29, 1.82) is 0 Å². The number of rotatable bonds is 6. The molecule has 118 valence electrons. The maximum atomic E-state index is 13.1. The number of hydrogen-bond donors (Lipinski definition) is 2. The smallest absolute Gasteiger partial charge is 0.220 e. The van der Waals surface area contributed by atoms with Crippen LogP contribution >= 0.6 is 0 Å². The van der Waals surface area contributed by atoms with Gasteiger partial charge in [-0.3, -0.25) is 9.59 Å². The standard InChI is InChI=1S/C17H21FN2O2/c1-12(17(22)14-3-2-4-15(18)10-14)9-16(21)20-11-13-5-7-19-8-6-13/h2-5,10,12,19H,6-9,11H2,1H3,(H,20,21). The van der Waals surface area contributed by atoms with E-state index in [1.54, 1.807) is 13.0 Å². The van der Waals surface area contributed by atoms with Gasteiger partial charge in [0.1, 0.15) is 5.82 Å². The van der Waals surface area contributed by atoms with Gasteiger partial charge in [0.15, 0.2) is 5.78 Å². The van der Waals surface area contributed by atoms with Crippen LogP contribution in [0.1, 0.15) is 30.1 Å². The van der Waals surface area contributed by atoms with Crippen LogP contribution in [0.2, 0.25) is 0 Å². The van der Waals surface area contributed by atoms with Crippen molar-refractivity contribution in [2.45, 2.75) is 19.8 Å². The number of benzene rings is 1. The monoisotopic (exact) mass is 304 g/mol. The molecule has 0 bridgehead atoms. The Hall–Kier alpha value is -2.01. The summed E-state index contributed by atoms with van der Waals surface area (Å²) in [7, 11) is 0. The number of hydrogen-bond acceptors (Lipinski definition) is 3. The molecular weight excluding hydrogens is 283 g/mol. The van der Waals surface area contributed by atoms with Gasteiger partial charge in [-0.25, -0.2) is 4.39 Å². The fourth-order valence-corrected chi connectivity index (χ4v) is 2.41. The Kier molecular flexibility index (Phi) is 5.83. The third-order valence-corrected chi connectivity index (χ3v) is 3.72. The highest BCUT2D eigenvalue weighted by Gasteiger charge is 2.19. The first-order valence-corrected chi connectivity index (χ1v) is 7.51. The first-order valence-electron chi connectivity index (χ1n) is 7.51. The quantitative estimate of drug-likeness (QED) is 0.625. The van der Waals surface area contributed by atoms with Gasteiger partial charge < -0.3 is 10.6 Å². The highest BCUT2D eigenvalue weighted by Crippen LogP contribution is 2.13. The molecule has 0 fully saturated rings. The van der Waals surface area contributed by atoms with Crippen molar-refractivity contribution in [2.75, 3.05) is 19.6 Å². The number of amides is 1. The molecule has 1 heterocycles. The molecule has 1 atom stereocenters. The van der Waals surface area contributed by atoms with Crippen molar-refractivity contribution in [3.8, 4) is 0 Å². The molecule has 5 heteroatoms. The predicted molar refractivity (Wildman–Crippen MR) is 83.1 cm³/mol. The maximum Gasteiger partial charge on any atom is 0.220 e.